The van der Waals surface area contributed by atoms with E-state index in [1.165, 1.54) is 12.1 Å². The number of carbonyl (C=O) groups excluding carboxylic acids is 2. The standard InChI is InChI=1S/C23H27FN2O3/c1-16-3-8-21(17(2)13-16)29-15-22(27)25-20-9-11-26(12-10-20)23(28)14-18-4-6-19(24)7-5-18/h3-8,13,20H,9-12,14-15H2,1-2H3,(H,25,27). The molecular weight excluding hydrogens is 371 g/mol. The highest BCUT2D eigenvalue weighted by molar-refractivity contribution is 5.79. The van der Waals surface area contributed by atoms with Gasteiger partial charge in [0.2, 0.25) is 5.91 Å². The monoisotopic (exact) mass is 398 g/mol. The summed E-state index contributed by atoms with van der Waals surface area (Å²) in [6.45, 7) is 5.15. The van der Waals surface area contributed by atoms with Crippen LogP contribution >= 0.6 is 0 Å². The van der Waals surface area contributed by atoms with Gasteiger partial charge in [-0.1, -0.05) is 29.8 Å². The number of hydrogen-bond acceptors (Lipinski definition) is 3. The van der Waals surface area contributed by atoms with Gasteiger partial charge in [-0.05, 0) is 56.0 Å². The molecule has 1 saturated heterocycles. The van der Waals surface area contributed by atoms with Crippen molar-refractivity contribution >= 4 is 11.8 Å². The first kappa shape index (κ1) is 20.8. The van der Waals surface area contributed by atoms with Crippen LogP contribution in [0.5, 0.6) is 5.75 Å². The third-order valence-electron chi connectivity index (χ3n) is 5.17. The lowest BCUT2D eigenvalue weighted by Gasteiger charge is -2.32. The van der Waals surface area contributed by atoms with Gasteiger partial charge in [-0.2, -0.15) is 0 Å². The Morgan fingerprint density at radius 2 is 1.79 bits per heavy atom. The van der Waals surface area contributed by atoms with Gasteiger partial charge in [0.05, 0.1) is 6.42 Å². The molecular formula is C23H27FN2O3. The van der Waals surface area contributed by atoms with Gasteiger partial charge in [-0.3, -0.25) is 9.59 Å². The lowest BCUT2D eigenvalue weighted by atomic mass is 10.0. The van der Waals surface area contributed by atoms with Crippen LogP contribution in [0.2, 0.25) is 0 Å². The third-order valence-corrected chi connectivity index (χ3v) is 5.17. The van der Waals surface area contributed by atoms with Crippen LogP contribution in [0.3, 0.4) is 0 Å². The molecule has 2 aromatic carbocycles. The molecule has 29 heavy (non-hydrogen) atoms. The van der Waals surface area contributed by atoms with Gasteiger partial charge >= 0.3 is 0 Å². The normalized spacial score (nSPS) is 14.5. The Balaban J connectivity index is 1.40. The molecule has 1 aliphatic heterocycles. The molecule has 1 heterocycles. The largest absolute Gasteiger partial charge is 0.484 e. The number of carbonyl (C=O) groups is 2. The Bertz CT molecular complexity index is 859. The topological polar surface area (TPSA) is 58.6 Å². The van der Waals surface area contributed by atoms with Crippen LogP contribution in [0.25, 0.3) is 0 Å². The van der Waals surface area contributed by atoms with Crippen LogP contribution in [0.1, 0.15) is 29.5 Å². The molecule has 154 valence electrons. The van der Waals surface area contributed by atoms with E-state index in [-0.39, 0.29) is 36.7 Å². The van der Waals surface area contributed by atoms with Crippen molar-refractivity contribution in [1.82, 2.24) is 10.2 Å². The van der Waals surface area contributed by atoms with E-state index in [2.05, 4.69) is 5.32 Å². The fraction of sp³-hybridized carbons (Fsp3) is 0.391. The SMILES string of the molecule is Cc1ccc(OCC(=O)NC2CCN(C(=O)Cc3ccc(F)cc3)CC2)c(C)c1. The highest BCUT2D eigenvalue weighted by atomic mass is 19.1. The van der Waals surface area contributed by atoms with Crippen molar-refractivity contribution in [3.63, 3.8) is 0 Å². The van der Waals surface area contributed by atoms with Gasteiger partial charge in [0.1, 0.15) is 11.6 Å². The molecule has 1 N–H and O–H groups in total. The average molecular weight is 398 g/mol. The molecule has 0 radical (unpaired) electrons. The van der Waals surface area contributed by atoms with Crippen molar-refractivity contribution in [3.8, 4) is 5.75 Å². The summed E-state index contributed by atoms with van der Waals surface area (Å²) >= 11 is 0. The first-order valence-corrected chi connectivity index (χ1v) is 9.92. The summed E-state index contributed by atoms with van der Waals surface area (Å²) in [5.41, 5.74) is 2.96. The minimum absolute atomic E-state index is 0.0202. The fourth-order valence-electron chi connectivity index (χ4n) is 3.54. The summed E-state index contributed by atoms with van der Waals surface area (Å²) in [5.74, 6) is 0.284. The molecule has 0 saturated carbocycles. The van der Waals surface area contributed by atoms with E-state index < -0.39 is 0 Å². The number of likely N-dealkylation sites (tertiary alicyclic amines) is 1. The Morgan fingerprint density at radius 3 is 2.45 bits per heavy atom. The van der Waals surface area contributed by atoms with E-state index in [0.717, 1.165) is 16.7 Å². The summed E-state index contributed by atoms with van der Waals surface area (Å²) in [6, 6.07) is 11.9. The van der Waals surface area contributed by atoms with Crippen molar-refractivity contribution in [2.24, 2.45) is 0 Å². The lowest BCUT2D eigenvalue weighted by molar-refractivity contribution is -0.131. The number of aryl methyl sites for hydroxylation is 2. The van der Waals surface area contributed by atoms with Crippen molar-refractivity contribution in [3.05, 3.63) is 65.0 Å². The lowest BCUT2D eigenvalue weighted by Crippen LogP contribution is -2.47. The molecule has 0 aromatic heterocycles. The molecule has 0 bridgehead atoms. The average Bonchev–Trinajstić information content (AvgIpc) is 2.69. The minimum Gasteiger partial charge on any atom is -0.484 e. The molecule has 2 aromatic rings. The van der Waals surface area contributed by atoms with Crippen LogP contribution in [0.4, 0.5) is 4.39 Å². The van der Waals surface area contributed by atoms with Crippen LogP contribution in [-0.4, -0.2) is 42.5 Å². The molecule has 3 rings (SSSR count). The molecule has 0 spiro atoms. The van der Waals surface area contributed by atoms with Gasteiger partial charge in [0, 0.05) is 19.1 Å². The minimum atomic E-state index is -0.306. The first-order valence-electron chi connectivity index (χ1n) is 9.92. The van der Waals surface area contributed by atoms with Crippen molar-refractivity contribution in [2.75, 3.05) is 19.7 Å². The fourth-order valence-corrected chi connectivity index (χ4v) is 3.54. The molecule has 6 heteroatoms. The van der Waals surface area contributed by atoms with E-state index in [1.807, 2.05) is 32.0 Å². The third kappa shape index (κ3) is 6.04. The molecule has 0 unspecified atom stereocenters. The number of piperidine rings is 1. The molecule has 0 aliphatic carbocycles. The van der Waals surface area contributed by atoms with Gasteiger partial charge in [0.25, 0.3) is 5.91 Å². The highest BCUT2D eigenvalue weighted by Crippen LogP contribution is 2.18. The number of nitrogens with one attached hydrogen (secondary N) is 1. The molecule has 5 nitrogen and oxygen atoms in total. The Morgan fingerprint density at radius 1 is 1.10 bits per heavy atom. The van der Waals surface area contributed by atoms with E-state index in [4.69, 9.17) is 4.74 Å². The van der Waals surface area contributed by atoms with Gasteiger partial charge < -0.3 is 15.0 Å². The Labute approximate surface area is 170 Å². The Hall–Kier alpha value is -2.89. The van der Waals surface area contributed by atoms with Crippen LogP contribution in [-0.2, 0) is 16.0 Å². The maximum absolute atomic E-state index is 13.0. The zero-order valence-electron chi connectivity index (χ0n) is 16.9. The maximum atomic E-state index is 13.0. The van der Waals surface area contributed by atoms with Crippen LogP contribution < -0.4 is 10.1 Å². The van der Waals surface area contributed by atoms with Crippen LogP contribution in [0.15, 0.2) is 42.5 Å². The first-order chi connectivity index (χ1) is 13.9. The molecule has 1 fully saturated rings. The second-order valence-corrected chi connectivity index (χ2v) is 7.58. The van der Waals surface area contributed by atoms with Gasteiger partial charge in [-0.15, -0.1) is 0 Å². The second kappa shape index (κ2) is 9.54. The number of amides is 2. The predicted octanol–water partition coefficient (Wildman–Crippen LogP) is 3.17. The highest BCUT2D eigenvalue weighted by Gasteiger charge is 2.24. The number of ether oxygens (including phenoxy) is 1. The summed E-state index contributed by atoms with van der Waals surface area (Å²) in [7, 11) is 0. The van der Waals surface area contributed by atoms with Crippen molar-refractivity contribution in [1.29, 1.82) is 0 Å². The van der Waals surface area contributed by atoms with Gasteiger partial charge in [-0.25, -0.2) is 4.39 Å². The zero-order valence-corrected chi connectivity index (χ0v) is 16.9. The molecule has 2 amide bonds. The predicted molar refractivity (Wildman–Crippen MR) is 109 cm³/mol. The maximum Gasteiger partial charge on any atom is 0.258 e. The van der Waals surface area contributed by atoms with Gasteiger partial charge in [0.15, 0.2) is 6.61 Å². The molecule has 0 atom stereocenters. The summed E-state index contributed by atoms with van der Waals surface area (Å²) in [4.78, 5) is 26.4. The Kier molecular flexibility index (Phi) is 6.86. The quantitative estimate of drug-likeness (QED) is 0.813. The van der Waals surface area contributed by atoms with Crippen molar-refractivity contribution < 1.29 is 18.7 Å². The van der Waals surface area contributed by atoms with E-state index in [9.17, 15) is 14.0 Å². The second-order valence-electron chi connectivity index (χ2n) is 7.58. The van der Waals surface area contributed by atoms with E-state index in [0.29, 0.717) is 31.7 Å². The number of halogens is 1. The number of hydrogen-bond donors (Lipinski definition) is 1. The number of rotatable bonds is 6. The summed E-state index contributed by atoms with van der Waals surface area (Å²) < 4.78 is 18.6. The summed E-state index contributed by atoms with van der Waals surface area (Å²) in [6.07, 6.45) is 1.69. The zero-order chi connectivity index (χ0) is 20.8. The molecule has 1 aliphatic rings. The number of benzene rings is 2. The van der Waals surface area contributed by atoms with Crippen molar-refractivity contribution in [2.45, 2.75) is 39.2 Å². The number of nitrogens with zero attached hydrogens (tertiary/aromatic N) is 1. The van der Waals surface area contributed by atoms with E-state index >= 15 is 0 Å². The van der Waals surface area contributed by atoms with Crippen LogP contribution in [0, 0.1) is 19.7 Å². The summed E-state index contributed by atoms with van der Waals surface area (Å²) in [5, 5.41) is 2.99. The van der Waals surface area contributed by atoms with E-state index in [1.54, 1.807) is 17.0 Å². The smallest absolute Gasteiger partial charge is 0.258 e.